The molecule has 2 N–H and O–H groups in total. The van der Waals surface area contributed by atoms with Crippen LogP contribution in [0.2, 0.25) is 0 Å². The van der Waals surface area contributed by atoms with E-state index in [-0.39, 0.29) is 24.0 Å². The number of benzene rings is 1. The Kier molecular flexibility index (Phi) is 7.39. The third kappa shape index (κ3) is 5.56. The van der Waals surface area contributed by atoms with E-state index in [1.165, 1.54) is 0 Å². The third-order valence-corrected chi connectivity index (χ3v) is 3.44. The van der Waals surface area contributed by atoms with E-state index in [0.717, 1.165) is 22.7 Å². The van der Waals surface area contributed by atoms with Crippen molar-refractivity contribution in [3.63, 3.8) is 0 Å². The number of aromatic nitrogens is 2. The number of hydrogen-bond acceptors (Lipinski definition) is 4. The lowest BCUT2D eigenvalue weighted by atomic mass is 10.2. The van der Waals surface area contributed by atoms with Crippen LogP contribution in [-0.4, -0.2) is 23.1 Å². The first-order valence-electron chi connectivity index (χ1n) is 7.70. The first kappa shape index (κ1) is 18.9. The van der Waals surface area contributed by atoms with Gasteiger partial charge in [-0.25, -0.2) is 0 Å². The number of halogens is 1. The van der Waals surface area contributed by atoms with Gasteiger partial charge in [-0.05, 0) is 12.1 Å². The smallest absolute Gasteiger partial charge is 0.191 e. The Labute approximate surface area is 163 Å². The molecule has 0 aliphatic rings. The number of nitrogens with zero attached hydrogens (tertiary/aromatic N) is 3. The Morgan fingerprint density at radius 2 is 1.72 bits per heavy atom. The van der Waals surface area contributed by atoms with Crippen LogP contribution in [0.1, 0.15) is 11.4 Å². The normalized spacial score (nSPS) is 10.8. The molecule has 6 nitrogen and oxygen atoms in total. The molecule has 0 unspecified atom stereocenters. The van der Waals surface area contributed by atoms with Gasteiger partial charge in [-0.1, -0.05) is 41.6 Å². The summed E-state index contributed by atoms with van der Waals surface area (Å²) < 4.78 is 5.39. The Hall–Kier alpha value is -2.42. The van der Waals surface area contributed by atoms with Gasteiger partial charge in [-0.2, -0.15) is 0 Å². The average molecular weight is 449 g/mol. The van der Waals surface area contributed by atoms with Crippen LogP contribution >= 0.6 is 24.0 Å². The summed E-state index contributed by atoms with van der Waals surface area (Å²) in [6.07, 6.45) is 1.77. The van der Waals surface area contributed by atoms with Crippen LogP contribution in [0.25, 0.3) is 11.3 Å². The van der Waals surface area contributed by atoms with Gasteiger partial charge in [0.25, 0.3) is 0 Å². The minimum atomic E-state index is 0. The molecule has 0 radical (unpaired) electrons. The fourth-order valence-electron chi connectivity index (χ4n) is 2.21. The second-order valence-corrected chi connectivity index (χ2v) is 5.15. The molecule has 25 heavy (non-hydrogen) atoms. The Bertz CT molecular complexity index is 789. The lowest BCUT2D eigenvalue weighted by molar-refractivity contribution is 0.422. The quantitative estimate of drug-likeness (QED) is 0.356. The summed E-state index contributed by atoms with van der Waals surface area (Å²) in [6.45, 7) is 1.13. The Balaban J connectivity index is 0.00000225. The zero-order valence-corrected chi connectivity index (χ0v) is 16.2. The van der Waals surface area contributed by atoms with E-state index in [1.807, 2.05) is 54.6 Å². The predicted octanol–water partition coefficient (Wildman–Crippen LogP) is 3.22. The predicted molar refractivity (Wildman–Crippen MR) is 109 cm³/mol. The molecule has 1 aromatic carbocycles. The summed E-state index contributed by atoms with van der Waals surface area (Å²) in [4.78, 5) is 8.46. The maximum atomic E-state index is 5.39. The molecule has 0 spiro atoms. The van der Waals surface area contributed by atoms with Gasteiger partial charge in [0.05, 0.1) is 18.8 Å². The van der Waals surface area contributed by atoms with E-state index < -0.39 is 0 Å². The fraction of sp³-hybridized carbons (Fsp3) is 0.167. The minimum Gasteiger partial charge on any atom is -0.356 e. The second kappa shape index (κ2) is 9.77. The number of pyridine rings is 1. The van der Waals surface area contributed by atoms with Crippen LogP contribution in [-0.2, 0) is 13.1 Å². The molecule has 0 saturated carbocycles. The first-order valence-corrected chi connectivity index (χ1v) is 7.70. The molecule has 2 aromatic heterocycles. The van der Waals surface area contributed by atoms with E-state index in [2.05, 4.69) is 25.8 Å². The molecule has 3 rings (SSSR count). The molecule has 7 heteroatoms. The second-order valence-electron chi connectivity index (χ2n) is 5.15. The molecule has 130 valence electrons. The minimum absolute atomic E-state index is 0. The van der Waals surface area contributed by atoms with Crippen molar-refractivity contribution >= 4 is 29.9 Å². The van der Waals surface area contributed by atoms with Gasteiger partial charge in [0.1, 0.15) is 5.69 Å². The molecule has 3 aromatic rings. The number of hydrogen-bond donors (Lipinski definition) is 2. The largest absolute Gasteiger partial charge is 0.356 e. The molecule has 0 fully saturated rings. The van der Waals surface area contributed by atoms with Crippen LogP contribution in [0.3, 0.4) is 0 Å². The number of aliphatic imine (C=N–C) groups is 1. The van der Waals surface area contributed by atoms with Gasteiger partial charge in [-0.15, -0.1) is 24.0 Å². The van der Waals surface area contributed by atoms with Gasteiger partial charge in [-0.3, -0.25) is 9.98 Å². The van der Waals surface area contributed by atoms with Crippen LogP contribution in [0.15, 0.2) is 70.3 Å². The monoisotopic (exact) mass is 449 g/mol. The van der Waals surface area contributed by atoms with Crippen molar-refractivity contribution in [1.29, 1.82) is 0 Å². The van der Waals surface area contributed by atoms with Gasteiger partial charge in [0.2, 0.25) is 0 Å². The summed E-state index contributed by atoms with van der Waals surface area (Å²) in [5.74, 6) is 1.44. The molecule has 0 saturated heterocycles. The topological polar surface area (TPSA) is 75.3 Å². The van der Waals surface area contributed by atoms with Crippen molar-refractivity contribution in [2.75, 3.05) is 7.05 Å². The van der Waals surface area contributed by atoms with Crippen molar-refractivity contribution in [3.05, 3.63) is 72.2 Å². The van der Waals surface area contributed by atoms with Crippen molar-refractivity contribution in [2.45, 2.75) is 13.1 Å². The lowest BCUT2D eigenvalue weighted by Crippen LogP contribution is -2.36. The van der Waals surface area contributed by atoms with Gasteiger partial charge >= 0.3 is 0 Å². The standard InChI is InChI=1S/C18H19N5O.HI/c1-19-18(21-12-15-9-5-6-10-20-15)22-13-16-11-17(24-23-16)14-7-3-2-4-8-14;/h2-11H,12-13H2,1H3,(H2,19,21,22);1H. The first-order chi connectivity index (χ1) is 11.8. The van der Waals surface area contributed by atoms with Crippen molar-refractivity contribution in [2.24, 2.45) is 4.99 Å². The van der Waals surface area contributed by atoms with Crippen LogP contribution in [0, 0.1) is 0 Å². The van der Waals surface area contributed by atoms with E-state index in [0.29, 0.717) is 19.0 Å². The van der Waals surface area contributed by atoms with E-state index in [9.17, 15) is 0 Å². The summed E-state index contributed by atoms with van der Waals surface area (Å²) >= 11 is 0. The van der Waals surface area contributed by atoms with Crippen molar-refractivity contribution in [3.8, 4) is 11.3 Å². The molecule has 0 bridgehead atoms. The highest BCUT2D eigenvalue weighted by Crippen LogP contribution is 2.19. The zero-order valence-electron chi connectivity index (χ0n) is 13.8. The molecule has 2 heterocycles. The highest BCUT2D eigenvalue weighted by atomic mass is 127. The van der Waals surface area contributed by atoms with Crippen molar-refractivity contribution in [1.82, 2.24) is 20.8 Å². The summed E-state index contributed by atoms with van der Waals surface area (Å²) in [5, 5.41) is 10.5. The molecule has 0 atom stereocenters. The SMILES string of the molecule is CN=C(NCc1ccccn1)NCc1cc(-c2ccccc2)on1.I. The maximum absolute atomic E-state index is 5.39. The average Bonchev–Trinajstić information content (AvgIpc) is 3.12. The lowest BCUT2D eigenvalue weighted by Gasteiger charge is -2.10. The van der Waals surface area contributed by atoms with Gasteiger partial charge in [0.15, 0.2) is 11.7 Å². The number of guanidine groups is 1. The molecule has 0 aliphatic carbocycles. The summed E-state index contributed by atoms with van der Waals surface area (Å²) in [6, 6.07) is 17.6. The summed E-state index contributed by atoms with van der Waals surface area (Å²) in [5.41, 5.74) is 2.77. The molecule has 0 aliphatic heterocycles. The molecular weight excluding hydrogens is 429 g/mol. The molecular formula is C18H20IN5O. The van der Waals surface area contributed by atoms with E-state index in [1.54, 1.807) is 13.2 Å². The van der Waals surface area contributed by atoms with Crippen molar-refractivity contribution < 1.29 is 4.52 Å². The maximum Gasteiger partial charge on any atom is 0.191 e. The van der Waals surface area contributed by atoms with Crippen LogP contribution < -0.4 is 10.6 Å². The van der Waals surface area contributed by atoms with E-state index in [4.69, 9.17) is 4.52 Å². The third-order valence-electron chi connectivity index (χ3n) is 3.44. The van der Waals surface area contributed by atoms with Crippen LogP contribution in [0.5, 0.6) is 0 Å². The Morgan fingerprint density at radius 3 is 2.40 bits per heavy atom. The summed E-state index contributed by atoms with van der Waals surface area (Å²) in [7, 11) is 1.73. The fourth-order valence-corrected chi connectivity index (χ4v) is 2.21. The van der Waals surface area contributed by atoms with Crippen LogP contribution in [0.4, 0.5) is 0 Å². The zero-order chi connectivity index (χ0) is 16.6. The van der Waals surface area contributed by atoms with E-state index >= 15 is 0 Å². The molecule has 0 amide bonds. The number of rotatable bonds is 5. The Morgan fingerprint density at radius 1 is 1.00 bits per heavy atom. The van der Waals surface area contributed by atoms with Gasteiger partial charge in [0, 0.05) is 24.9 Å². The highest BCUT2D eigenvalue weighted by molar-refractivity contribution is 14.0. The highest BCUT2D eigenvalue weighted by Gasteiger charge is 2.07. The van der Waals surface area contributed by atoms with Gasteiger partial charge < -0.3 is 15.2 Å². The number of nitrogens with one attached hydrogen (secondary N) is 2.